The third kappa shape index (κ3) is 7.63. The van der Waals surface area contributed by atoms with Crippen molar-refractivity contribution in [2.24, 2.45) is 0 Å². The van der Waals surface area contributed by atoms with Gasteiger partial charge in [-0.2, -0.15) is 44.3 Å². The SMILES string of the molecule is CC(C)OC(=O)N1c2ccc(C(F)(F)F)cc2[C@@H](N(Cc2cc(C(F)(F)F)cc(C(F)(F)F)c2)c2nnn(C3CCNCC3)n2)C[C@H]1C. The third-order valence-corrected chi connectivity index (χ3v) is 8.20. The molecule has 3 heterocycles. The summed E-state index contributed by atoms with van der Waals surface area (Å²) in [5, 5.41) is 15.8. The molecule has 2 aromatic carbocycles. The molecule has 262 valence electrons. The van der Waals surface area contributed by atoms with Crippen molar-refractivity contribution in [2.75, 3.05) is 22.9 Å². The second kappa shape index (κ2) is 13.1. The normalized spacial score (nSPS) is 19.4. The zero-order valence-electron chi connectivity index (χ0n) is 25.9. The number of ether oxygens (including phenoxy) is 1. The fourth-order valence-corrected chi connectivity index (χ4v) is 5.99. The number of alkyl halides is 9. The smallest absolute Gasteiger partial charge is 0.416 e. The van der Waals surface area contributed by atoms with E-state index in [4.69, 9.17) is 4.74 Å². The number of nitrogens with zero attached hydrogens (tertiary/aromatic N) is 6. The van der Waals surface area contributed by atoms with Gasteiger partial charge >= 0.3 is 24.6 Å². The first-order valence-corrected chi connectivity index (χ1v) is 15.1. The van der Waals surface area contributed by atoms with Gasteiger partial charge in [0.05, 0.1) is 40.6 Å². The van der Waals surface area contributed by atoms with E-state index in [1.54, 1.807) is 20.8 Å². The molecule has 2 aliphatic heterocycles. The molecule has 0 spiro atoms. The van der Waals surface area contributed by atoms with Crippen LogP contribution < -0.4 is 15.1 Å². The summed E-state index contributed by atoms with van der Waals surface area (Å²) < 4.78 is 130. The van der Waals surface area contributed by atoms with E-state index in [2.05, 4.69) is 20.7 Å². The molecule has 18 heteroatoms. The Labute approximate surface area is 269 Å². The van der Waals surface area contributed by atoms with E-state index < -0.39 is 71.6 Å². The Bertz CT molecular complexity index is 1580. The van der Waals surface area contributed by atoms with Crippen LogP contribution in [-0.2, 0) is 29.8 Å². The number of piperidine rings is 1. The number of tetrazole rings is 1. The summed E-state index contributed by atoms with van der Waals surface area (Å²) in [4.78, 5) is 16.9. The molecule has 5 rings (SSSR count). The number of anilines is 2. The van der Waals surface area contributed by atoms with Gasteiger partial charge < -0.3 is 15.0 Å². The molecular formula is C30H32F9N7O2. The van der Waals surface area contributed by atoms with Crippen LogP contribution in [-0.4, -0.2) is 51.5 Å². The van der Waals surface area contributed by atoms with Crippen LogP contribution in [0.1, 0.15) is 79.9 Å². The maximum absolute atomic E-state index is 14.0. The first kappa shape index (κ1) is 35.2. The number of hydrogen-bond donors (Lipinski definition) is 1. The minimum atomic E-state index is -5.14. The van der Waals surface area contributed by atoms with Crippen LogP contribution in [0.2, 0.25) is 0 Å². The number of nitrogens with one attached hydrogen (secondary N) is 1. The number of carbonyl (C=O) groups is 1. The van der Waals surface area contributed by atoms with Gasteiger partial charge in [0.15, 0.2) is 0 Å². The molecule has 3 aromatic rings. The highest BCUT2D eigenvalue weighted by Crippen LogP contribution is 2.45. The fraction of sp³-hybridized carbons (Fsp3) is 0.533. The molecule has 1 fully saturated rings. The second-order valence-corrected chi connectivity index (χ2v) is 12.1. The lowest BCUT2D eigenvalue weighted by Gasteiger charge is -2.43. The average molecular weight is 694 g/mol. The molecule has 48 heavy (non-hydrogen) atoms. The standard InChI is InChI=1S/C30H32F9N7O2/c1-16(2)48-27(47)45-17(3)10-25(23-14-19(28(31,32)33)4-5-24(23)45)44(26-41-43-46(42-26)22-6-8-40-9-7-22)15-18-11-20(29(34,35)36)13-21(12-18)30(37,38)39/h4-5,11-14,16-17,22,25,40H,6-10,15H2,1-3H3/t17-,25+/m1/s1. The van der Waals surface area contributed by atoms with E-state index in [0.717, 1.165) is 18.2 Å². The van der Waals surface area contributed by atoms with E-state index in [-0.39, 0.29) is 35.7 Å². The molecular weight excluding hydrogens is 661 g/mol. The van der Waals surface area contributed by atoms with Crippen LogP contribution in [0, 0.1) is 0 Å². The van der Waals surface area contributed by atoms with Gasteiger partial charge in [0, 0.05) is 12.6 Å². The zero-order chi connectivity index (χ0) is 35.2. The lowest BCUT2D eigenvalue weighted by atomic mass is 9.89. The van der Waals surface area contributed by atoms with Gasteiger partial charge in [-0.05, 0) is 106 Å². The molecule has 1 N–H and O–H groups in total. The Kier molecular flexibility index (Phi) is 9.60. The summed E-state index contributed by atoms with van der Waals surface area (Å²) in [6.45, 7) is 5.36. The summed E-state index contributed by atoms with van der Waals surface area (Å²) >= 11 is 0. The van der Waals surface area contributed by atoms with E-state index in [9.17, 15) is 44.3 Å². The van der Waals surface area contributed by atoms with E-state index in [0.29, 0.717) is 38.1 Å². The lowest BCUT2D eigenvalue weighted by molar-refractivity contribution is -0.143. The Morgan fingerprint density at radius 3 is 2.10 bits per heavy atom. The van der Waals surface area contributed by atoms with E-state index in [1.165, 1.54) is 14.6 Å². The van der Waals surface area contributed by atoms with Gasteiger partial charge in [0.1, 0.15) is 0 Å². The van der Waals surface area contributed by atoms with Crippen molar-refractivity contribution in [2.45, 2.75) is 89.3 Å². The lowest BCUT2D eigenvalue weighted by Crippen LogP contribution is -2.47. The topological polar surface area (TPSA) is 88.4 Å². The van der Waals surface area contributed by atoms with Gasteiger partial charge in [-0.3, -0.25) is 4.90 Å². The van der Waals surface area contributed by atoms with Crippen LogP contribution in [0.3, 0.4) is 0 Å². The Balaban J connectivity index is 1.68. The summed E-state index contributed by atoms with van der Waals surface area (Å²) in [7, 11) is 0. The van der Waals surface area contributed by atoms with Crippen molar-refractivity contribution >= 4 is 17.7 Å². The first-order chi connectivity index (χ1) is 22.3. The van der Waals surface area contributed by atoms with Crippen LogP contribution in [0.15, 0.2) is 36.4 Å². The number of fused-ring (bicyclic) bond motifs is 1. The maximum atomic E-state index is 14.0. The molecule has 0 unspecified atom stereocenters. The highest BCUT2D eigenvalue weighted by atomic mass is 19.4. The molecule has 0 aliphatic carbocycles. The zero-order valence-corrected chi connectivity index (χ0v) is 25.9. The van der Waals surface area contributed by atoms with E-state index >= 15 is 0 Å². The van der Waals surface area contributed by atoms with Crippen LogP contribution in [0.5, 0.6) is 0 Å². The third-order valence-electron chi connectivity index (χ3n) is 8.20. The van der Waals surface area contributed by atoms with Gasteiger partial charge in [0.25, 0.3) is 5.95 Å². The largest absolute Gasteiger partial charge is 0.446 e. The second-order valence-electron chi connectivity index (χ2n) is 12.1. The number of benzene rings is 2. The molecule has 2 atom stereocenters. The molecule has 1 saturated heterocycles. The fourth-order valence-electron chi connectivity index (χ4n) is 5.99. The number of halogens is 9. The Hall–Kier alpha value is -4.09. The average Bonchev–Trinajstić information content (AvgIpc) is 3.48. The first-order valence-electron chi connectivity index (χ1n) is 15.1. The molecule has 1 aromatic heterocycles. The number of hydrogen-bond acceptors (Lipinski definition) is 7. The van der Waals surface area contributed by atoms with E-state index in [1.807, 2.05) is 0 Å². The highest BCUT2D eigenvalue weighted by Gasteiger charge is 2.42. The predicted molar refractivity (Wildman–Crippen MR) is 154 cm³/mol. The number of rotatable bonds is 6. The van der Waals surface area contributed by atoms with Crippen LogP contribution in [0.4, 0.5) is 55.9 Å². The maximum Gasteiger partial charge on any atom is 0.416 e. The van der Waals surface area contributed by atoms with Gasteiger partial charge in [-0.15, -0.1) is 5.10 Å². The van der Waals surface area contributed by atoms with Crippen LogP contribution in [0.25, 0.3) is 0 Å². The number of amides is 1. The highest BCUT2D eigenvalue weighted by molar-refractivity contribution is 5.90. The van der Waals surface area contributed by atoms with Crippen molar-refractivity contribution in [1.82, 2.24) is 25.5 Å². The van der Waals surface area contributed by atoms with Crippen molar-refractivity contribution in [3.05, 3.63) is 64.2 Å². The Morgan fingerprint density at radius 1 is 0.938 bits per heavy atom. The quantitative estimate of drug-likeness (QED) is 0.267. The monoisotopic (exact) mass is 693 g/mol. The summed E-state index contributed by atoms with van der Waals surface area (Å²) in [5.41, 5.74) is -4.70. The summed E-state index contributed by atoms with van der Waals surface area (Å²) in [6.07, 6.45) is -15.4. The predicted octanol–water partition coefficient (Wildman–Crippen LogP) is 7.55. The number of carbonyl (C=O) groups excluding carboxylic acids is 1. The molecule has 1 amide bonds. The van der Waals surface area contributed by atoms with Crippen LogP contribution >= 0.6 is 0 Å². The van der Waals surface area contributed by atoms with Crippen molar-refractivity contribution in [1.29, 1.82) is 0 Å². The van der Waals surface area contributed by atoms with Crippen molar-refractivity contribution in [3.63, 3.8) is 0 Å². The van der Waals surface area contributed by atoms with Gasteiger partial charge in [0.2, 0.25) is 0 Å². The molecule has 9 nitrogen and oxygen atoms in total. The molecule has 0 radical (unpaired) electrons. The minimum absolute atomic E-state index is 0.00864. The minimum Gasteiger partial charge on any atom is -0.446 e. The van der Waals surface area contributed by atoms with Gasteiger partial charge in [-0.1, -0.05) is 5.10 Å². The number of aromatic nitrogens is 4. The van der Waals surface area contributed by atoms with Crippen molar-refractivity contribution in [3.8, 4) is 0 Å². The summed E-state index contributed by atoms with van der Waals surface area (Å²) in [5.74, 6) is -0.224. The molecule has 0 saturated carbocycles. The van der Waals surface area contributed by atoms with Gasteiger partial charge in [-0.25, -0.2) is 4.79 Å². The Morgan fingerprint density at radius 2 is 1.54 bits per heavy atom. The summed E-state index contributed by atoms with van der Waals surface area (Å²) in [6, 6.07) is 1.62. The van der Waals surface area contributed by atoms with Crippen molar-refractivity contribution < 1.29 is 49.0 Å². The molecule has 2 aliphatic rings. The molecule has 0 bridgehead atoms.